The van der Waals surface area contributed by atoms with Crippen molar-refractivity contribution in [2.75, 3.05) is 13.7 Å². The van der Waals surface area contributed by atoms with Crippen LogP contribution in [0.4, 0.5) is 4.39 Å². The van der Waals surface area contributed by atoms with E-state index in [1.165, 1.54) is 33.1 Å². The summed E-state index contributed by atoms with van der Waals surface area (Å²) >= 11 is 0. The normalized spacial score (nSPS) is 11.5. The molecule has 1 amide bonds. The molecule has 0 saturated heterocycles. The van der Waals surface area contributed by atoms with Gasteiger partial charge in [0.2, 0.25) is 5.91 Å². The van der Waals surface area contributed by atoms with E-state index < -0.39 is 15.4 Å². The number of rotatable bonds is 9. The van der Waals surface area contributed by atoms with Gasteiger partial charge in [-0.2, -0.15) is 8.42 Å². The minimum atomic E-state index is -3.71. The van der Waals surface area contributed by atoms with E-state index in [-0.39, 0.29) is 37.2 Å². The highest BCUT2D eigenvalue weighted by molar-refractivity contribution is 7.87. The monoisotopic (exact) mass is 409 g/mol. The van der Waals surface area contributed by atoms with Gasteiger partial charge in [-0.1, -0.05) is 24.3 Å². The van der Waals surface area contributed by atoms with Gasteiger partial charge in [-0.15, -0.1) is 0 Å². The average molecular weight is 409 g/mol. The third kappa shape index (κ3) is 6.31. The van der Waals surface area contributed by atoms with Crippen LogP contribution in [0.5, 0.6) is 5.75 Å². The van der Waals surface area contributed by atoms with Crippen LogP contribution in [0.15, 0.2) is 48.5 Å². The number of amides is 1. The van der Waals surface area contributed by atoms with Crippen molar-refractivity contribution in [2.24, 2.45) is 0 Å². The Hall–Kier alpha value is -2.45. The van der Waals surface area contributed by atoms with Crippen LogP contribution in [0.25, 0.3) is 0 Å². The Balaban J connectivity index is 2.20. The second-order valence-electron chi connectivity index (χ2n) is 6.58. The highest BCUT2D eigenvalue weighted by Gasteiger charge is 2.19. The van der Waals surface area contributed by atoms with E-state index in [0.717, 1.165) is 5.56 Å². The van der Waals surface area contributed by atoms with E-state index in [1.54, 1.807) is 41.3 Å². The molecule has 6 nitrogen and oxygen atoms in total. The first-order chi connectivity index (χ1) is 13.2. The second-order valence-corrected chi connectivity index (χ2v) is 8.68. The first kappa shape index (κ1) is 21.8. The SMILES string of the molecule is COCC(=O)N(Cc1ccc(F)cc1)Cc1cccc(OS(=O)(=O)C(C)C)c1. The van der Waals surface area contributed by atoms with Crippen molar-refractivity contribution < 1.29 is 26.5 Å². The smallest absolute Gasteiger partial charge is 0.311 e. The van der Waals surface area contributed by atoms with Crippen LogP contribution in [0.3, 0.4) is 0 Å². The van der Waals surface area contributed by atoms with Gasteiger partial charge in [0.05, 0.1) is 5.25 Å². The maximum Gasteiger partial charge on any atom is 0.311 e. The number of methoxy groups -OCH3 is 1. The molecule has 0 fully saturated rings. The van der Waals surface area contributed by atoms with Crippen LogP contribution >= 0.6 is 0 Å². The van der Waals surface area contributed by atoms with Crippen LogP contribution in [-0.2, 0) is 32.7 Å². The molecular formula is C20H24FNO5S. The highest BCUT2D eigenvalue weighted by Crippen LogP contribution is 2.19. The number of carbonyl (C=O) groups excluding carboxylic acids is 1. The van der Waals surface area contributed by atoms with Crippen molar-refractivity contribution in [1.82, 2.24) is 4.90 Å². The van der Waals surface area contributed by atoms with Crippen LogP contribution in [0, 0.1) is 5.82 Å². The summed E-state index contributed by atoms with van der Waals surface area (Å²) in [7, 11) is -2.28. The topological polar surface area (TPSA) is 72.9 Å². The fraction of sp³-hybridized carbons (Fsp3) is 0.350. The summed E-state index contributed by atoms with van der Waals surface area (Å²) in [5.74, 6) is -0.408. The summed E-state index contributed by atoms with van der Waals surface area (Å²) in [6, 6.07) is 12.4. The Bertz CT molecular complexity index is 897. The van der Waals surface area contributed by atoms with Crippen molar-refractivity contribution in [3.8, 4) is 5.75 Å². The lowest BCUT2D eigenvalue weighted by molar-refractivity contribution is -0.136. The number of carbonyl (C=O) groups is 1. The Kier molecular flexibility index (Phi) is 7.53. The van der Waals surface area contributed by atoms with Crippen LogP contribution in [-0.4, -0.2) is 38.2 Å². The molecule has 0 N–H and O–H groups in total. The summed E-state index contributed by atoms with van der Waals surface area (Å²) in [6.45, 7) is 3.45. The van der Waals surface area contributed by atoms with Gasteiger partial charge in [0, 0.05) is 20.2 Å². The fourth-order valence-corrected chi connectivity index (χ4v) is 2.97. The van der Waals surface area contributed by atoms with Crippen molar-refractivity contribution in [1.29, 1.82) is 0 Å². The number of ether oxygens (including phenoxy) is 1. The summed E-state index contributed by atoms with van der Waals surface area (Å²) in [5.41, 5.74) is 1.46. The highest BCUT2D eigenvalue weighted by atomic mass is 32.2. The van der Waals surface area contributed by atoms with Crippen molar-refractivity contribution >= 4 is 16.0 Å². The van der Waals surface area contributed by atoms with E-state index in [1.807, 2.05) is 0 Å². The van der Waals surface area contributed by atoms with Gasteiger partial charge in [-0.05, 0) is 49.2 Å². The van der Waals surface area contributed by atoms with Gasteiger partial charge in [-0.25, -0.2) is 4.39 Å². The fourth-order valence-electron chi connectivity index (χ4n) is 2.40. The molecule has 0 spiro atoms. The predicted molar refractivity (Wildman–Crippen MR) is 104 cm³/mol. The Morgan fingerprint density at radius 1 is 1.07 bits per heavy atom. The zero-order chi connectivity index (χ0) is 20.7. The molecule has 0 heterocycles. The standard InChI is InChI=1S/C20H24FNO5S/c1-15(2)28(24,25)27-19-6-4-5-17(11-19)13-22(20(23)14-26-3)12-16-7-9-18(21)10-8-16/h4-11,15H,12-14H2,1-3H3. The Morgan fingerprint density at radius 3 is 2.32 bits per heavy atom. The van der Waals surface area contributed by atoms with Crippen molar-refractivity contribution in [3.05, 3.63) is 65.5 Å². The van der Waals surface area contributed by atoms with Crippen molar-refractivity contribution in [2.45, 2.75) is 32.2 Å². The van der Waals surface area contributed by atoms with E-state index in [2.05, 4.69) is 0 Å². The van der Waals surface area contributed by atoms with Crippen LogP contribution in [0.2, 0.25) is 0 Å². The lowest BCUT2D eigenvalue weighted by Gasteiger charge is -2.23. The zero-order valence-corrected chi connectivity index (χ0v) is 16.9. The van der Waals surface area contributed by atoms with Crippen LogP contribution in [0.1, 0.15) is 25.0 Å². The van der Waals surface area contributed by atoms with E-state index in [4.69, 9.17) is 8.92 Å². The number of hydrogen-bond acceptors (Lipinski definition) is 5. The van der Waals surface area contributed by atoms with Gasteiger partial charge in [0.1, 0.15) is 18.2 Å². The average Bonchev–Trinajstić information content (AvgIpc) is 2.63. The second kappa shape index (κ2) is 9.66. The first-order valence-electron chi connectivity index (χ1n) is 8.74. The third-order valence-corrected chi connectivity index (χ3v) is 5.55. The van der Waals surface area contributed by atoms with E-state index in [9.17, 15) is 17.6 Å². The minimum Gasteiger partial charge on any atom is -0.382 e. The van der Waals surface area contributed by atoms with Gasteiger partial charge in [0.25, 0.3) is 0 Å². The molecular weight excluding hydrogens is 385 g/mol. The number of hydrogen-bond donors (Lipinski definition) is 0. The molecule has 152 valence electrons. The molecule has 0 aromatic heterocycles. The van der Waals surface area contributed by atoms with E-state index in [0.29, 0.717) is 5.56 Å². The maximum absolute atomic E-state index is 13.1. The Labute approximate surface area is 165 Å². The molecule has 0 atom stereocenters. The van der Waals surface area contributed by atoms with E-state index >= 15 is 0 Å². The largest absolute Gasteiger partial charge is 0.382 e. The molecule has 0 saturated carbocycles. The number of halogens is 1. The molecule has 0 bridgehead atoms. The summed E-state index contributed by atoms with van der Waals surface area (Å²) in [6.07, 6.45) is 0. The maximum atomic E-state index is 13.1. The lowest BCUT2D eigenvalue weighted by atomic mass is 10.1. The molecule has 0 aliphatic rings. The van der Waals surface area contributed by atoms with Gasteiger partial charge >= 0.3 is 10.1 Å². The molecule has 0 radical (unpaired) electrons. The molecule has 0 unspecified atom stereocenters. The molecule has 0 aliphatic carbocycles. The minimum absolute atomic E-state index is 0.0981. The predicted octanol–water partition coefficient (Wildman–Crippen LogP) is 3.12. The third-order valence-electron chi connectivity index (χ3n) is 3.97. The zero-order valence-electron chi connectivity index (χ0n) is 16.1. The molecule has 28 heavy (non-hydrogen) atoms. The molecule has 2 aromatic carbocycles. The summed E-state index contributed by atoms with van der Waals surface area (Å²) < 4.78 is 47.1. The van der Waals surface area contributed by atoms with Crippen molar-refractivity contribution in [3.63, 3.8) is 0 Å². The molecule has 0 aliphatic heterocycles. The lowest BCUT2D eigenvalue weighted by Crippen LogP contribution is -2.33. The summed E-state index contributed by atoms with van der Waals surface area (Å²) in [4.78, 5) is 14.0. The number of nitrogens with zero attached hydrogens (tertiary/aromatic N) is 1. The summed E-state index contributed by atoms with van der Waals surface area (Å²) in [5, 5.41) is -0.672. The van der Waals surface area contributed by atoms with Gasteiger partial charge < -0.3 is 13.8 Å². The number of benzene rings is 2. The molecule has 2 rings (SSSR count). The van der Waals surface area contributed by atoms with Gasteiger partial charge in [-0.3, -0.25) is 4.79 Å². The Morgan fingerprint density at radius 2 is 1.71 bits per heavy atom. The first-order valence-corrected chi connectivity index (χ1v) is 10.2. The molecule has 2 aromatic rings. The van der Waals surface area contributed by atoms with Crippen LogP contribution < -0.4 is 4.18 Å². The molecule has 8 heteroatoms. The quantitative estimate of drug-likeness (QED) is 0.595. The van der Waals surface area contributed by atoms with Gasteiger partial charge in [0.15, 0.2) is 0 Å².